The van der Waals surface area contributed by atoms with Crippen molar-refractivity contribution < 1.29 is 0 Å². The van der Waals surface area contributed by atoms with Crippen molar-refractivity contribution in [2.24, 2.45) is 0 Å². The summed E-state index contributed by atoms with van der Waals surface area (Å²) in [4.78, 5) is 8.39. The van der Waals surface area contributed by atoms with Gasteiger partial charge in [-0.05, 0) is 60.8 Å². The number of unbranched alkanes of at least 4 members (excludes halogenated alkanes) is 6. The molecular weight excluding hydrogens is 392 g/mol. The number of aryl methyl sites for hydroxylation is 4. The molecule has 0 spiro atoms. The minimum atomic E-state index is 0.950. The van der Waals surface area contributed by atoms with E-state index >= 15 is 0 Å². The first-order valence-corrected chi connectivity index (χ1v) is 12.1. The fraction of sp³-hybridized carbons (Fsp3) is 0.429. The number of hydrogen-bond acceptors (Lipinski definition) is 2. The van der Waals surface area contributed by atoms with Crippen LogP contribution in [0.25, 0.3) is 0 Å². The number of aromatic nitrogens is 4. The van der Waals surface area contributed by atoms with Crippen molar-refractivity contribution in [1.82, 2.24) is 19.1 Å². The Morgan fingerprint density at radius 1 is 0.688 bits per heavy atom. The van der Waals surface area contributed by atoms with Gasteiger partial charge in [-0.1, -0.05) is 64.5 Å². The Labute approximate surface area is 195 Å². The van der Waals surface area contributed by atoms with Gasteiger partial charge in [0.1, 0.15) is 0 Å². The average molecular weight is 431 g/mol. The third-order valence-electron chi connectivity index (χ3n) is 5.94. The van der Waals surface area contributed by atoms with E-state index in [0.717, 1.165) is 51.6 Å². The number of imidazole rings is 2. The van der Waals surface area contributed by atoms with Gasteiger partial charge in [-0.15, -0.1) is 0 Å². The van der Waals surface area contributed by atoms with Gasteiger partial charge < -0.3 is 9.13 Å². The zero-order valence-corrected chi connectivity index (χ0v) is 19.5. The Bertz CT molecular complexity index is 792. The molecule has 32 heavy (non-hydrogen) atoms. The molecule has 0 bridgehead atoms. The minimum absolute atomic E-state index is 0.950. The summed E-state index contributed by atoms with van der Waals surface area (Å²) in [5, 5.41) is 0. The molecule has 3 aromatic rings. The molecule has 2 aromatic heterocycles. The lowest BCUT2D eigenvalue weighted by Gasteiger charge is -2.17. The Morgan fingerprint density at radius 2 is 1.16 bits per heavy atom. The van der Waals surface area contributed by atoms with E-state index in [1.807, 2.05) is 37.4 Å². The van der Waals surface area contributed by atoms with Crippen LogP contribution in [-0.4, -0.2) is 19.1 Å². The van der Waals surface area contributed by atoms with Gasteiger partial charge in [0, 0.05) is 37.9 Å². The predicted molar refractivity (Wildman–Crippen MR) is 133 cm³/mol. The quantitative estimate of drug-likeness (QED) is 0.245. The normalized spacial score (nSPS) is 11.3. The average Bonchev–Trinajstić information content (AvgIpc) is 3.52. The van der Waals surface area contributed by atoms with Crippen molar-refractivity contribution in [3.05, 3.63) is 98.5 Å². The zero-order chi connectivity index (χ0) is 22.4. The van der Waals surface area contributed by atoms with Gasteiger partial charge in [0.15, 0.2) is 0 Å². The summed E-state index contributed by atoms with van der Waals surface area (Å²) in [6, 6.07) is 4.88. The van der Waals surface area contributed by atoms with Gasteiger partial charge in [-0.2, -0.15) is 0 Å². The molecule has 170 valence electrons. The molecule has 3 rings (SSSR count). The van der Waals surface area contributed by atoms with Crippen LogP contribution in [0.2, 0.25) is 0 Å². The highest BCUT2D eigenvalue weighted by molar-refractivity contribution is 5.45. The van der Waals surface area contributed by atoms with Crippen molar-refractivity contribution in [2.45, 2.75) is 77.3 Å². The number of benzene rings is 1. The minimum Gasteiger partial charge on any atom is -0.337 e. The second-order valence-corrected chi connectivity index (χ2v) is 8.46. The number of rotatable bonds is 16. The summed E-state index contributed by atoms with van der Waals surface area (Å²) in [7, 11) is 0. The van der Waals surface area contributed by atoms with Crippen LogP contribution in [0, 0.1) is 26.7 Å². The Morgan fingerprint density at radius 3 is 1.53 bits per heavy atom. The molecule has 1 aromatic carbocycles. The molecule has 0 aliphatic rings. The first-order valence-electron chi connectivity index (χ1n) is 12.1. The van der Waals surface area contributed by atoms with Crippen molar-refractivity contribution in [1.29, 1.82) is 0 Å². The lowest BCUT2D eigenvalue weighted by molar-refractivity contribution is 0.668. The molecule has 0 amide bonds. The molecule has 0 fully saturated rings. The monoisotopic (exact) mass is 430 g/mol. The third kappa shape index (κ3) is 7.96. The van der Waals surface area contributed by atoms with Crippen LogP contribution in [0.4, 0.5) is 0 Å². The fourth-order valence-electron chi connectivity index (χ4n) is 4.04. The highest BCUT2D eigenvalue weighted by Crippen LogP contribution is 2.25. The summed E-state index contributed by atoms with van der Waals surface area (Å²) >= 11 is 0. The van der Waals surface area contributed by atoms with Crippen molar-refractivity contribution in [2.75, 3.05) is 0 Å². The highest BCUT2D eigenvalue weighted by atomic mass is 15.0. The molecule has 0 saturated heterocycles. The van der Waals surface area contributed by atoms with Gasteiger partial charge in [0.05, 0.1) is 12.7 Å². The maximum absolute atomic E-state index is 4.20. The van der Waals surface area contributed by atoms with E-state index in [1.165, 1.54) is 47.9 Å². The van der Waals surface area contributed by atoms with Gasteiger partial charge in [0.2, 0.25) is 0 Å². The summed E-state index contributed by atoms with van der Waals surface area (Å²) in [6.45, 7) is 9.87. The molecule has 0 aliphatic heterocycles. The maximum Gasteiger partial charge on any atom is 0.0946 e. The lowest BCUT2D eigenvalue weighted by atomic mass is 9.89. The first kappa shape index (κ1) is 24.3. The number of nitrogens with zero attached hydrogens (tertiary/aromatic N) is 4. The molecule has 0 N–H and O–H groups in total. The Balaban J connectivity index is 1.79. The second kappa shape index (κ2) is 13.9. The standard InChI is InChI=1S/C28H38N4/c1-3-5-7-9-11-25-21-27(13-17-31-19-15-29-23-31)28(14-18-32-20-16-30-24-32)22-26(25)12-10-8-6-4-2/h11-12,15-16,19-24H,1-10,13-14,17-18H2. The van der Waals surface area contributed by atoms with Crippen LogP contribution in [-0.2, 0) is 25.9 Å². The maximum atomic E-state index is 4.20. The smallest absolute Gasteiger partial charge is 0.0946 e. The van der Waals surface area contributed by atoms with Gasteiger partial charge in [-0.3, -0.25) is 0 Å². The first-order chi connectivity index (χ1) is 15.8. The largest absolute Gasteiger partial charge is 0.337 e. The molecular formula is C28H38N4. The lowest BCUT2D eigenvalue weighted by Crippen LogP contribution is -2.07. The van der Waals surface area contributed by atoms with Crippen molar-refractivity contribution in [3.8, 4) is 0 Å². The van der Waals surface area contributed by atoms with E-state index in [1.54, 1.807) is 0 Å². The van der Waals surface area contributed by atoms with E-state index in [2.05, 4.69) is 57.9 Å². The van der Waals surface area contributed by atoms with E-state index in [-0.39, 0.29) is 0 Å². The highest BCUT2D eigenvalue weighted by Gasteiger charge is 2.12. The molecule has 0 aliphatic carbocycles. The van der Waals surface area contributed by atoms with Crippen LogP contribution in [0.1, 0.15) is 73.6 Å². The van der Waals surface area contributed by atoms with E-state index in [4.69, 9.17) is 0 Å². The van der Waals surface area contributed by atoms with Crippen LogP contribution in [0.15, 0.2) is 49.6 Å². The summed E-state index contributed by atoms with van der Waals surface area (Å²) in [6.07, 6.45) is 27.5. The third-order valence-corrected chi connectivity index (χ3v) is 5.94. The molecule has 0 atom stereocenters. The molecule has 0 unspecified atom stereocenters. The number of hydrogen-bond donors (Lipinski definition) is 0. The summed E-state index contributed by atoms with van der Waals surface area (Å²) in [5.74, 6) is 0. The molecule has 4 nitrogen and oxygen atoms in total. The SMILES string of the molecule is [CH2]CCCC[CH]c1cc(CCn2ccnc2)c(CCn2ccnc2)cc1[CH]CCCC[CH2]. The molecule has 2 heterocycles. The van der Waals surface area contributed by atoms with Crippen LogP contribution in [0.5, 0.6) is 0 Å². The van der Waals surface area contributed by atoms with Crippen molar-refractivity contribution in [3.63, 3.8) is 0 Å². The molecule has 0 saturated carbocycles. The second-order valence-electron chi connectivity index (χ2n) is 8.46. The molecule has 4 radical (unpaired) electrons. The van der Waals surface area contributed by atoms with E-state index < -0.39 is 0 Å². The zero-order valence-electron chi connectivity index (χ0n) is 19.5. The van der Waals surface area contributed by atoms with Gasteiger partial charge in [-0.25, -0.2) is 9.97 Å². The van der Waals surface area contributed by atoms with Crippen LogP contribution < -0.4 is 0 Å². The van der Waals surface area contributed by atoms with Crippen LogP contribution in [0.3, 0.4) is 0 Å². The van der Waals surface area contributed by atoms with Gasteiger partial charge in [0.25, 0.3) is 0 Å². The van der Waals surface area contributed by atoms with E-state index in [9.17, 15) is 0 Å². The van der Waals surface area contributed by atoms with E-state index in [0.29, 0.717) is 0 Å². The van der Waals surface area contributed by atoms with Gasteiger partial charge >= 0.3 is 0 Å². The van der Waals surface area contributed by atoms with Crippen LogP contribution >= 0.6 is 0 Å². The topological polar surface area (TPSA) is 35.6 Å². The Hall–Kier alpha value is -2.36. The predicted octanol–water partition coefficient (Wildman–Crippen LogP) is 6.46. The Kier molecular flexibility index (Phi) is 10.6. The molecule has 4 heteroatoms. The summed E-state index contributed by atoms with van der Waals surface area (Å²) in [5.41, 5.74) is 5.65. The summed E-state index contributed by atoms with van der Waals surface area (Å²) < 4.78 is 4.33. The fourth-order valence-corrected chi connectivity index (χ4v) is 4.04. The van der Waals surface area contributed by atoms with Crippen molar-refractivity contribution >= 4 is 0 Å².